The van der Waals surface area contributed by atoms with E-state index in [0.717, 1.165) is 43.7 Å². The number of hydrogen-bond donors (Lipinski definition) is 1. The Morgan fingerprint density at radius 3 is 2.71 bits per heavy atom. The highest BCUT2D eigenvalue weighted by Crippen LogP contribution is 2.35. The van der Waals surface area contributed by atoms with Gasteiger partial charge in [-0.15, -0.1) is 0 Å². The molecule has 28 heavy (non-hydrogen) atoms. The number of hydrogen-bond acceptors (Lipinski definition) is 4. The van der Waals surface area contributed by atoms with Crippen LogP contribution in [-0.4, -0.2) is 66.4 Å². The number of carbonyl (C=O) groups is 2. The molecular formula is C20H27F2N3O3. The zero-order valence-corrected chi connectivity index (χ0v) is 16.3. The Kier molecular flexibility index (Phi) is 6.17. The summed E-state index contributed by atoms with van der Waals surface area (Å²) in [6.45, 7) is 3.93. The topological polar surface area (TPSA) is 61.9 Å². The number of amides is 2. The maximum absolute atomic E-state index is 13.0. The van der Waals surface area contributed by atoms with Crippen molar-refractivity contribution in [3.63, 3.8) is 0 Å². The number of nitrogens with one attached hydrogen (secondary N) is 1. The normalized spacial score (nSPS) is 24.1. The number of rotatable bonds is 3. The zero-order valence-electron chi connectivity index (χ0n) is 16.3. The van der Waals surface area contributed by atoms with Crippen LogP contribution in [0.15, 0.2) is 24.3 Å². The molecule has 0 saturated carbocycles. The van der Waals surface area contributed by atoms with Gasteiger partial charge in [-0.05, 0) is 39.4 Å². The average molecular weight is 395 g/mol. The lowest BCUT2D eigenvalue weighted by atomic mass is 9.93. The number of likely N-dealkylation sites (tertiary alicyclic amines) is 1. The Morgan fingerprint density at radius 1 is 1.21 bits per heavy atom. The third kappa shape index (κ3) is 4.60. The Hall–Kier alpha value is -2.22. The number of carbonyl (C=O) groups excluding carboxylic acids is 2. The summed E-state index contributed by atoms with van der Waals surface area (Å²) < 4.78 is 31.6. The van der Waals surface area contributed by atoms with Crippen molar-refractivity contribution < 1.29 is 23.1 Å². The fourth-order valence-corrected chi connectivity index (χ4v) is 3.94. The van der Waals surface area contributed by atoms with E-state index in [-0.39, 0.29) is 5.91 Å². The molecule has 6 nitrogen and oxygen atoms in total. The van der Waals surface area contributed by atoms with Crippen LogP contribution in [0.1, 0.15) is 31.7 Å². The van der Waals surface area contributed by atoms with E-state index in [0.29, 0.717) is 13.1 Å². The summed E-state index contributed by atoms with van der Waals surface area (Å²) in [5.74, 6) is -1.06. The number of benzene rings is 1. The molecule has 1 fully saturated rings. The maximum atomic E-state index is 13.0. The van der Waals surface area contributed by atoms with Gasteiger partial charge in [-0.3, -0.25) is 9.59 Å². The summed E-state index contributed by atoms with van der Waals surface area (Å²) in [6, 6.07) is 6.56. The van der Waals surface area contributed by atoms with E-state index in [9.17, 15) is 18.4 Å². The van der Waals surface area contributed by atoms with E-state index in [2.05, 4.69) is 17.3 Å². The second-order valence-corrected chi connectivity index (χ2v) is 7.77. The second-order valence-electron chi connectivity index (χ2n) is 7.77. The van der Waals surface area contributed by atoms with Crippen LogP contribution in [0, 0.1) is 0 Å². The molecule has 8 heteroatoms. The third-order valence-corrected chi connectivity index (χ3v) is 5.50. The van der Waals surface area contributed by atoms with Crippen LogP contribution in [0.25, 0.3) is 0 Å². The Balaban J connectivity index is 1.86. The molecule has 2 amide bonds. The summed E-state index contributed by atoms with van der Waals surface area (Å²) in [6.07, 6.45) is -0.641. The van der Waals surface area contributed by atoms with E-state index in [1.165, 1.54) is 6.92 Å². The van der Waals surface area contributed by atoms with Crippen molar-refractivity contribution in [3.05, 3.63) is 29.8 Å². The molecule has 1 N–H and O–H groups in total. The van der Waals surface area contributed by atoms with E-state index < -0.39 is 24.0 Å². The molecule has 1 spiro atoms. The Morgan fingerprint density at radius 2 is 1.96 bits per heavy atom. The van der Waals surface area contributed by atoms with Crippen LogP contribution < -0.4 is 10.1 Å². The van der Waals surface area contributed by atoms with Gasteiger partial charge >= 0.3 is 6.43 Å². The highest BCUT2D eigenvalue weighted by molar-refractivity contribution is 5.88. The number of para-hydroxylation sites is 1. The molecular weight excluding hydrogens is 368 g/mol. The minimum atomic E-state index is -3.15. The number of alkyl halides is 2. The molecule has 2 heterocycles. The molecule has 0 aliphatic carbocycles. The monoisotopic (exact) mass is 395 g/mol. The fraction of sp³-hybridized carbons (Fsp3) is 0.600. The van der Waals surface area contributed by atoms with Crippen molar-refractivity contribution in [3.8, 4) is 5.75 Å². The summed E-state index contributed by atoms with van der Waals surface area (Å²) >= 11 is 0. The highest BCUT2D eigenvalue weighted by atomic mass is 19.3. The predicted molar refractivity (Wildman–Crippen MR) is 100 cm³/mol. The van der Waals surface area contributed by atoms with Gasteiger partial charge in [-0.2, -0.15) is 8.78 Å². The minimum Gasteiger partial charge on any atom is -0.485 e. The van der Waals surface area contributed by atoms with E-state index in [1.807, 2.05) is 24.3 Å². The van der Waals surface area contributed by atoms with Gasteiger partial charge < -0.3 is 19.9 Å². The zero-order chi connectivity index (χ0) is 20.3. The molecule has 0 bridgehead atoms. The second kappa shape index (κ2) is 8.43. The molecule has 3 rings (SSSR count). The number of halogens is 2. The molecule has 1 aromatic carbocycles. The summed E-state index contributed by atoms with van der Waals surface area (Å²) in [7, 11) is 2.06. The van der Waals surface area contributed by atoms with E-state index in [4.69, 9.17) is 4.74 Å². The SMILES string of the molecule is C[C@@H](NC(=O)C(F)F)C(=O)N1Cc2ccccc2O[C@@]2(CCCN(C)CC2)C1. The van der Waals surface area contributed by atoms with Gasteiger partial charge in [0.15, 0.2) is 0 Å². The van der Waals surface area contributed by atoms with Crippen LogP contribution in [-0.2, 0) is 16.1 Å². The van der Waals surface area contributed by atoms with Crippen LogP contribution in [0.5, 0.6) is 5.75 Å². The van der Waals surface area contributed by atoms with Crippen LogP contribution in [0.4, 0.5) is 8.78 Å². The lowest BCUT2D eigenvalue weighted by Crippen LogP contribution is -2.53. The molecule has 1 aromatic rings. The predicted octanol–water partition coefficient (Wildman–Crippen LogP) is 2.03. The molecule has 2 atom stereocenters. The first-order valence-electron chi connectivity index (χ1n) is 9.62. The first kappa shape index (κ1) is 20.5. The summed E-state index contributed by atoms with van der Waals surface area (Å²) in [5, 5.41) is 2.10. The molecule has 2 aliphatic heterocycles. The lowest BCUT2D eigenvalue weighted by Gasteiger charge is -2.36. The van der Waals surface area contributed by atoms with Crippen molar-refractivity contribution in [2.24, 2.45) is 0 Å². The van der Waals surface area contributed by atoms with Crippen molar-refractivity contribution in [1.29, 1.82) is 0 Å². The van der Waals surface area contributed by atoms with Gasteiger partial charge in [0.2, 0.25) is 5.91 Å². The van der Waals surface area contributed by atoms with Crippen molar-refractivity contribution in [2.75, 3.05) is 26.7 Å². The number of nitrogens with zero attached hydrogens (tertiary/aromatic N) is 2. The van der Waals surface area contributed by atoms with Crippen molar-refractivity contribution in [1.82, 2.24) is 15.1 Å². The maximum Gasteiger partial charge on any atom is 0.315 e. The fourth-order valence-electron chi connectivity index (χ4n) is 3.94. The smallest absolute Gasteiger partial charge is 0.315 e. The van der Waals surface area contributed by atoms with Crippen molar-refractivity contribution in [2.45, 2.75) is 50.8 Å². The lowest BCUT2D eigenvalue weighted by molar-refractivity contribution is -0.141. The van der Waals surface area contributed by atoms with Gasteiger partial charge in [0.1, 0.15) is 17.4 Å². The summed E-state index contributed by atoms with van der Waals surface area (Å²) in [4.78, 5) is 28.2. The number of ether oxygens (including phenoxy) is 1. The standard InChI is InChI=1S/C20H27F2N3O3/c1-14(23-18(26)17(21)22)19(27)25-12-15-6-3-4-7-16(15)28-20(13-25)8-5-10-24(2)11-9-20/h3-4,6-7,14,17H,5,8-13H2,1-2H3,(H,23,26)/t14-,20-/m1/s1. The molecule has 0 unspecified atom stereocenters. The van der Waals surface area contributed by atoms with Crippen LogP contribution in [0.2, 0.25) is 0 Å². The largest absolute Gasteiger partial charge is 0.485 e. The molecule has 0 aromatic heterocycles. The average Bonchev–Trinajstić information content (AvgIpc) is 2.94. The molecule has 2 aliphatic rings. The quantitative estimate of drug-likeness (QED) is 0.851. The number of fused-ring (bicyclic) bond motifs is 1. The Labute approximate surface area is 163 Å². The van der Waals surface area contributed by atoms with Gasteiger partial charge in [0.25, 0.3) is 5.91 Å². The highest BCUT2D eigenvalue weighted by Gasteiger charge is 2.41. The molecule has 1 saturated heterocycles. The first-order valence-corrected chi connectivity index (χ1v) is 9.62. The van der Waals surface area contributed by atoms with Gasteiger partial charge in [-0.25, -0.2) is 0 Å². The first-order chi connectivity index (χ1) is 13.3. The van der Waals surface area contributed by atoms with E-state index in [1.54, 1.807) is 4.90 Å². The molecule has 154 valence electrons. The Bertz CT molecular complexity index is 730. The van der Waals surface area contributed by atoms with Gasteiger partial charge in [0, 0.05) is 25.1 Å². The van der Waals surface area contributed by atoms with Gasteiger partial charge in [0.05, 0.1) is 6.54 Å². The third-order valence-electron chi connectivity index (χ3n) is 5.50. The van der Waals surface area contributed by atoms with Crippen LogP contribution in [0.3, 0.4) is 0 Å². The van der Waals surface area contributed by atoms with Gasteiger partial charge in [-0.1, -0.05) is 18.2 Å². The van der Waals surface area contributed by atoms with Crippen LogP contribution >= 0.6 is 0 Å². The summed E-state index contributed by atoms with van der Waals surface area (Å²) in [5.41, 5.74) is 0.345. The van der Waals surface area contributed by atoms with E-state index >= 15 is 0 Å². The van der Waals surface area contributed by atoms with Crippen molar-refractivity contribution >= 4 is 11.8 Å². The molecule has 0 radical (unpaired) electrons. The minimum absolute atomic E-state index is 0.321.